The van der Waals surface area contributed by atoms with Gasteiger partial charge in [-0.1, -0.05) is 50.6 Å². The Bertz CT molecular complexity index is 602. The van der Waals surface area contributed by atoms with Gasteiger partial charge in [0.2, 0.25) is 0 Å². The summed E-state index contributed by atoms with van der Waals surface area (Å²) in [7, 11) is 0. The van der Waals surface area contributed by atoms with Crippen LogP contribution in [0, 0.1) is 0 Å². The summed E-state index contributed by atoms with van der Waals surface area (Å²) in [5.41, 5.74) is 8.63. The zero-order valence-corrected chi connectivity index (χ0v) is 12.9. The maximum atomic E-state index is 6.14. The average molecular weight is 290 g/mol. The van der Waals surface area contributed by atoms with E-state index in [4.69, 9.17) is 22.1 Å². The van der Waals surface area contributed by atoms with Crippen molar-refractivity contribution in [2.75, 3.05) is 5.73 Å². The maximum Gasteiger partial charge on any atom is 0.120 e. The zero-order chi connectivity index (χ0) is 14.8. The SMILES string of the molecule is CC(C)(C)c1cccc(OCc2ccc(N)cc2Cl)c1. The summed E-state index contributed by atoms with van der Waals surface area (Å²) in [5, 5.41) is 0.636. The topological polar surface area (TPSA) is 35.2 Å². The van der Waals surface area contributed by atoms with E-state index in [1.807, 2.05) is 24.3 Å². The van der Waals surface area contributed by atoms with Gasteiger partial charge in [-0.15, -0.1) is 0 Å². The van der Waals surface area contributed by atoms with Crippen LogP contribution in [-0.4, -0.2) is 0 Å². The number of nitrogens with two attached hydrogens (primary N) is 1. The number of hydrogen-bond acceptors (Lipinski definition) is 2. The van der Waals surface area contributed by atoms with Crippen LogP contribution in [0.5, 0.6) is 5.75 Å². The lowest BCUT2D eigenvalue weighted by molar-refractivity contribution is 0.305. The Kier molecular flexibility index (Phi) is 4.24. The zero-order valence-electron chi connectivity index (χ0n) is 12.1. The summed E-state index contributed by atoms with van der Waals surface area (Å²) in [4.78, 5) is 0. The molecule has 20 heavy (non-hydrogen) atoms. The molecule has 2 rings (SSSR count). The van der Waals surface area contributed by atoms with Crippen molar-refractivity contribution in [2.24, 2.45) is 0 Å². The van der Waals surface area contributed by atoms with Gasteiger partial charge in [-0.25, -0.2) is 0 Å². The van der Waals surface area contributed by atoms with Crippen LogP contribution in [0.2, 0.25) is 5.02 Å². The van der Waals surface area contributed by atoms with E-state index < -0.39 is 0 Å². The summed E-state index contributed by atoms with van der Waals surface area (Å²) < 4.78 is 5.82. The van der Waals surface area contributed by atoms with Gasteiger partial charge >= 0.3 is 0 Å². The molecule has 0 heterocycles. The molecule has 0 atom stereocenters. The largest absolute Gasteiger partial charge is 0.489 e. The third kappa shape index (κ3) is 3.67. The van der Waals surface area contributed by atoms with E-state index in [1.165, 1.54) is 5.56 Å². The van der Waals surface area contributed by atoms with Crippen LogP contribution >= 0.6 is 11.6 Å². The van der Waals surface area contributed by atoms with Crippen molar-refractivity contribution in [1.82, 2.24) is 0 Å². The molecule has 0 aliphatic heterocycles. The molecular weight excluding hydrogens is 270 g/mol. The van der Waals surface area contributed by atoms with Gasteiger partial charge in [0.15, 0.2) is 0 Å². The summed E-state index contributed by atoms with van der Waals surface area (Å²) in [5.74, 6) is 0.852. The van der Waals surface area contributed by atoms with E-state index in [2.05, 4.69) is 32.9 Å². The second kappa shape index (κ2) is 5.76. The Hall–Kier alpha value is -1.67. The van der Waals surface area contributed by atoms with Crippen LogP contribution in [-0.2, 0) is 12.0 Å². The Morgan fingerprint density at radius 2 is 1.85 bits per heavy atom. The molecule has 0 aliphatic carbocycles. The van der Waals surface area contributed by atoms with Gasteiger partial charge in [-0.05, 0) is 35.2 Å². The monoisotopic (exact) mass is 289 g/mol. The van der Waals surface area contributed by atoms with Gasteiger partial charge in [0.05, 0.1) is 0 Å². The third-order valence-electron chi connectivity index (χ3n) is 3.17. The molecule has 0 spiro atoms. The van der Waals surface area contributed by atoms with Crippen LogP contribution in [0.25, 0.3) is 0 Å². The fourth-order valence-electron chi connectivity index (χ4n) is 1.89. The first-order chi connectivity index (χ1) is 9.36. The minimum absolute atomic E-state index is 0.109. The molecule has 0 saturated carbocycles. The number of halogens is 1. The quantitative estimate of drug-likeness (QED) is 0.824. The molecule has 2 aromatic carbocycles. The molecule has 0 unspecified atom stereocenters. The fourth-order valence-corrected chi connectivity index (χ4v) is 2.14. The highest BCUT2D eigenvalue weighted by molar-refractivity contribution is 6.31. The highest BCUT2D eigenvalue weighted by atomic mass is 35.5. The predicted octanol–water partition coefficient (Wildman–Crippen LogP) is 4.80. The normalized spacial score (nSPS) is 11.4. The lowest BCUT2D eigenvalue weighted by Crippen LogP contribution is -2.11. The van der Waals surface area contributed by atoms with Crippen molar-refractivity contribution >= 4 is 17.3 Å². The summed E-state index contributed by atoms with van der Waals surface area (Å²) in [6, 6.07) is 13.6. The van der Waals surface area contributed by atoms with Crippen molar-refractivity contribution in [2.45, 2.75) is 32.8 Å². The van der Waals surface area contributed by atoms with Gasteiger partial charge in [0.1, 0.15) is 12.4 Å². The molecule has 2 N–H and O–H groups in total. The number of ether oxygens (including phenoxy) is 1. The molecule has 0 aromatic heterocycles. The van der Waals surface area contributed by atoms with Crippen LogP contribution in [0.1, 0.15) is 31.9 Å². The molecule has 0 aliphatic rings. The van der Waals surface area contributed by atoms with Gasteiger partial charge in [0.25, 0.3) is 0 Å². The smallest absolute Gasteiger partial charge is 0.120 e. The molecule has 3 heteroatoms. The third-order valence-corrected chi connectivity index (χ3v) is 3.52. The first-order valence-electron chi connectivity index (χ1n) is 6.63. The predicted molar refractivity (Wildman–Crippen MR) is 85.3 cm³/mol. The Balaban J connectivity index is 2.11. The minimum Gasteiger partial charge on any atom is -0.489 e. The van der Waals surface area contributed by atoms with E-state index in [0.29, 0.717) is 17.3 Å². The number of rotatable bonds is 3. The number of nitrogen functional groups attached to an aromatic ring is 1. The molecule has 0 bridgehead atoms. The van der Waals surface area contributed by atoms with E-state index in [1.54, 1.807) is 6.07 Å². The van der Waals surface area contributed by atoms with E-state index in [-0.39, 0.29) is 5.41 Å². The van der Waals surface area contributed by atoms with Gasteiger partial charge < -0.3 is 10.5 Å². The summed E-state index contributed by atoms with van der Waals surface area (Å²) in [6.45, 7) is 6.99. The van der Waals surface area contributed by atoms with E-state index in [9.17, 15) is 0 Å². The lowest BCUT2D eigenvalue weighted by Gasteiger charge is -2.19. The average Bonchev–Trinajstić information content (AvgIpc) is 2.37. The first kappa shape index (κ1) is 14.7. The van der Waals surface area contributed by atoms with Gasteiger partial charge in [0, 0.05) is 16.3 Å². The number of hydrogen-bond donors (Lipinski definition) is 1. The Morgan fingerprint density at radius 1 is 1.10 bits per heavy atom. The molecule has 2 aromatic rings. The van der Waals surface area contributed by atoms with Crippen molar-refractivity contribution in [3.63, 3.8) is 0 Å². The second-order valence-electron chi connectivity index (χ2n) is 5.92. The van der Waals surface area contributed by atoms with Crippen LogP contribution in [0.15, 0.2) is 42.5 Å². The number of anilines is 1. The summed E-state index contributed by atoms with van der Waals surface area (Å²) in [6.07, 6.45) is 0. The van der Waals surface area contributed by atoms with Crippen molar-refractivity contribution < 1.29 is 4.74 Å². The van der Waals surface area contributed by atoms with Gasteiger partial charge in [-0.3, -0.25) is 0 Å². The van der Waals surface area contributed by atoms with Crippen LogP contribution in [0.4, 0.5) is 5.69 Å². The molecule has 0 saturated heterocycles. The molecule has 0 fully saturated rings. The summed E-state index contributed by atoms with van der Waals surface area (Å²) >= 11 is 6.14. The Labute approximate surface area is 125 Å². The van der Waals surface area contributed by atoms with Crippen molar-refractivity contribution in [3.05, 3.63) is 58.6 Å². The Morgan fingerprint density at radius 3 is 2.50 bits per heavy atom. The standard InChI is InChI=1S/C17H20ClNO/c1-17(2,3)13-5-4-6-15(9-13)20-11-12-7-8-14(19)10-16(12)18/h4-10H,11,19H2,1-3H3. The number of benzene rings is 2. The van der Waals surface area contributed by atoms with Crippen molar-refractivity contribution in [1.29, 1.82) is 0 Å². The second-order valence-corrected chi connectivity index (χ2v) is 6.32. The van der Waals surface area contributed by atoms with E-state index >= 15 is 0 Å². The first-order valence-corrected chi connectivity index (χ1v) is 7.01. The molecular formula is C17H20ClNO. The minimum atomic E-state index is 0.109. The fraction of sp³-hybridized carbons (Fsp3) is 0.294. The highest BCUT2D eigenvalue weighted by Gasteiger charge is 2.14. The lowest BCUT2D eigenvalue weighted by atomic mass is 9.87. The van der Waals surface area contributed by atoms with Crippen LogP contribution in [0.3, 0.4) is 0 Å². The highest BCUT2D eigenvalue weighted by Crippen LogP contribution is 2.27. The van der Waals surface area contributed by atoms with E-state index in [0.717, 1.165) is 11.3 Å². The molecule has 0 amide bonds. The molecule has 2 nitrogen and oxygen atoms in total. The molecule has 106 valence electrons. The van der Waals surface area contributed by atoms with Gasteiger partial charge in [-0.2, -0.15) is 0 Å². The van der Waals surface area contributed by atoms with Crippen LogP contribution < -0.4 is 10.5 Å². The molecule has 0 radical (unpaired) electrons. The maximum absolute atomic E-state index is 6.14. The van der Waals surface area contributed by atoms with Crippen molar-refractivity contribution in [3.8, 4) is 5.75 Å².